The van der Waals surface area contributed by atoms with Gasteiger partial charge >= 0.3 is 0 Å². The van der Waals surface area contributed by atoms with Gasteiger partial charge in [0.2, 0.25) is 0 Å². The number of rotatable bonds is 2. The summed E-state index contributed by atoms with van der Waals surface area (Å²) in [6, 6.07) is 10.3. The number of hydrogen-bond donors (Lipinski definition) is 2. The lowest BCUT2D eigenvalue weighted by atomic mass is 10.2. The second-order valence-corrected chi connectivity index (χ2v) is 5.19. The Balaban J connectivity index is 1.72. The van der Waals surface area contributed by atoms with Crippen molar-refractivity contribution in [3.63, 3.8) is 0 Å². The topological polar surface area (TPSA) is 53.6 Å². The molecule has 0 saturated heterocycles. The fourth-order valence-electron chi connectivity index (χ4n) is 2.11. The molecule has 0 fully saturated rings. The van der Waals surface area contributed by atoms with E-state index in [2.05, 4.69) is 32.4 Å². The van der Waals surface area contributed by atoms with E-state index in [1.54, 1.807) is 11.3 Å². The Kier molecular flexibility index (Phi) is 2.25. The summed E-state index contributed by atoms with van der Waals surface area (Å²) in [5, 5.41) is 4.47. The second kappa shape index (κ2) is 4.07. The lowest BCUT2D eigenvalue weighted by Crippen LogP contribution is -1.90. The fraction of sp³-hybridized carbons (Fsp3) is 0. The van der Waals surface area contributed by atoms with Crippen LogP contribution in [-0.2, 0) is 0 Å². The van der Waals surface area contributed by atoms with E-state index in [9.17, 15) is 0 Å². The number of aromatic amines is 1. The Morgan fingerprint density at radius 1 is 1.05 bits per heavy atom. The molecule has 0 aliphatic heterocycles. The number of anilines is 2. The van der Waals surface area contributed by atoms with Crippen LogP contribution in [0.3, 0.4) is 0 Å². The molecule has 3 heterocycles. The molecule has 5 heteroatoms. The Morgan fingerprint density at radius 2 is 2.05 bits per heavy atom. The van der Waals surface area contributed by atoms with Gasteiger partial charge in [0.1, 0.15) is 5.65 Å². The third-order valence-corrected chi connectivity index (χ3v) is 3.81. The number of thiazole rings is 1. The van der Waals surface area contributed by atoms with E-state index in [0.29, 0.717) is 0 Å². The zero-order valence-electron chi connectivity index (χ0n) is 9.92. The highest BCUT2D eigenvalue weighted by molar-refractivity contribution is 7.16. The third kappa shape index (κ3) is 1.84. The first-order valence-corrected chi connectivity index (χ1v) is 6.80. The smallest absolute Gasteiger partial charge is 0.137 e. The molecular weight excluding hydrogens is 256 g/mol. The lowest BCUT2D eigenvalue weighted by Gasteiger charge is -2.05. The van der Waals surface area contributed by atoms with Gasteiger partial charge in [-0.15, -0.1) is 11.3 Å². The monoisotopic (exact) mass is 266 g/mol. The maximum Gasteiger partial charge on any atom is 0.137 e. The van der Waals surface area contributed by atoms with Crippen LogP contribution in [0.5, 0.6) is 0 Å². The minimum absolute atomic E-state index is 0.906. The van der Waals surface area contributed by atoms with Crippen LogP contribution < -0.4 is 5.32 Å². The molecule has 4 aromatic rings. The quantitative estimate of drug-likeness (QED) is 0.578. The number of pyridine rings is 1. The molecule has 3 aromatic heterocycles. The SMILES string of the molecule is c1cc2cc(Nc3ccc4ncsc4c3)cnc2[nH]1. The lowest BCUT2D eigenvalue weighted by molar-refractivity contribution is 1.32. The normalized spacial score (nSPS) is 11.2. The number of nitrogens with one attached hydrogen (secondary N) is 2. The van der Waals surface area contributed by atoms with Crippen molar-refractivity contribution in [3.05, 3.63) is 48.2 Å². The summed E-state index contributed by atoms with van der Waals surface area (Å²) in [7, 11) is 0. The van der Waals surface area contributed by atoms with Gasteiger partial charge in [0.05, 0.1) is 27.6 Å². The average molecular weight is 266 g/mol. The van der Waals surface area contributed by atoms with E-state index in [0.717, 1.165) is 27.9 Å². The first-order chi connectivity index (χ1) is 9.38. The highest BCUT2D eigenvalue weighted by Crippen LogP contribution is 2.25. The predicted molar refractivity (Wildman–Crippen MR) is 79.0 cm³/mol. The van der Waals surface area contributed by atoms with Crippen LogP contribution in [0.1, 0.15) is 0 Å². The minimum Gasteiger partial charge on any atom is -0.354 e. The number of H-pyrrole nitrogens is 1. The second-order valence-electron chi connectivity index (χ2n) is 4.30. The molecule has 0 aliphatic rings. The standard InChI is InChI=1S/C14H10N4S/c1-2-12-13(19-8-17-12)6-10(1)18-11-5-9-3-4-15-14(9)16-7-11/h1-8,18H,(H,15,16). The molecule has 0 spiro atoms. The van der Waals surface area contributed by atoms with Crippen molar-refractivity contribution in [1.82, 2.24) is 15.0 Å². The van der Waals surface area contributed by atoms with Gasteiger partial charge in [-0.1, -0.05) is 0 Å². The number of hydrogen-bond acceptors (Lipinski definition) is 4. The fourth-order valence-corrected chi connectivity index (χ4v) is 2.82. The molecule has 4 rings (SSSR count). The van der Waals surface area contributed by atoms with Gasteiger partial charge in [-0.05, 0) is 30.3 Å². The maximum atomic E-state index is 4.36. The molecular formula is C14H10N4S. The highest BCUT2D eigenvalue weighted by Gasteiger charge is 2.01. The molecule has 0 atom stereocenters. The van der Waals surface area contributed by atoms with Crippen molar-refractivity contribution < 1.29 is 0 Å². The van der Waals surface area contributed by atoms with E-state index in [-0.39, 0.29) is 0 Å². The van der Waals surface area contributed by atoms with Crippen LogP contribution in [-0.4, -0.2) is 15.0 Å². The highest BCUT2D eigenvalue weighted by atomic mass is 32.1. The van der Waals surface area contributed by atoms with Gasteiger partial charge in [0.15, 0.2) is 0 Å². The van der Waals surface area contributed by atoms with E-state index in [4.69, 9.17) is 0 Å². The summed E-state index contributed by atoms with van der Waals surface area (Å²) in [5.41, 5.74) is 5.84. The van der Waals surface area contributed by atoms with Gasteiger partial charge in [-0.2, -0.15) is 0 Å². The van der Waals surface area contributed by atoms with Crippen molar-refractivity contribution in [1.29, 1.82) is 0 Å². The molecule has 0 amide bonds. The summed E-state index contributed by atoms with van der Waals surface area (Å²) >= 11 is 1.64. The average Bonchev–Trinajstić information content (AvgIpc) is 3.05. The molecule has 0 unspecified atom stereocenters. The van der Waals surface area contributed by atoms with Gasteiger partial charge < -0.3 is 10.3 Å². The van der Waals surface area contributed by atoms with Crippen molar-refractivity contribution >= 4 is 44.0 Å². The molecule has 0 radical (unpaired) electrons. The first-order valence-electron chi connectivity index (χ1n) is 5.92. The predicted octanol–water partition coefficient (Wildman–Crippen LogP) is 3.92. The van der Waals surface area contributed by atoms with Crippen LogP contribution in [0.15, 0.2) is 48.2 Å². The third-order valence-electron chi connectivity index (χ3n) is 3.02. The summed E-state index contributed by atoms with van der Waals surface area (Å²) in [4.78, 5) is 11.7. The zero-order chi connectivity index (χ0) is 12.7. The molecule has 2 N–H and O–H groups in total. The zero-order valence-corrected chi connectivity index (χ0v) is 10.7. The van der Waals surface area contributed by atoms with Gasteiger partial charge in [0.25, 0.3) is 0 Å². The molecule has 0 aliphatic carbocycles. The Bertz CT molecular complexity index is 790. The van der Waals surface area contributed by atoms with Crippen LogP contribution in [0.4, 0.5) is 11.4 Å². The molecule has 4 nitrogen and oxygen atoms in total. The van der Waals surface area contributed by atoms with Gasteiger partial charge in [-0.25, -0.2) is 9.97 Å². The Hall–Kier alpha value is -2.40. The van der Waals surface area contributed by atoms with Gasteiger partial charge in [0, 0.05) is 17.3 Å². The summed E-state index contributed by atoms with van der Waals surface area (Å²) in [5.74, 6) is 0. The van der Waals surface area contributed by atoms with Crippen molar-refractivity contribution in [2.45, 2.75) is 0 Å². The molecule has 19 heavy (non-hydrogen) atoms. The number of aromatic nitrogens is 3. The number of benzene rings is 1. The largest absolute Gasteiger partial charge is 0.354 e. The van der Waals surface area contributed by atoms with Crippen LogP contribution in [0, 0.1) is 0 Å². The van der Waals surface area contributed by atoms with Crippen molar-refractivity contribution in [2.75, 3.05) is 5.32 Å². The number of nitrogens with zero attached hydrogens (tertiary/aromatic N) is 2. The minimum atomic E-state index is 0.906. The molecule has 92 valence electrons. The van der Waals surface area contributed by atoms with E-state index >= 15 is 0 Å². The molecule has 1 aromatic carbocycles. The summed E-state index contributed by atoms with van der Waals surface area (Å²) in [6.07, 6.45) is 3.72. The summed E-state index contributed by atoms with van der Waals surface area (Å²) < 4.78 is 1.18. The van der Waals surface area contributed by atoms with Gasteiger partial charge in [-0.3, -0.25) is 0 Å². The van der Waals surface area contributed by atoms with E-state index in [1.165, 1.54) is 4.70 Å². The van der Waals surface area contributed by atoms with Crippen LogP contribution in [0.2, 0.25) is 0 Å². The van der Waals surface area contributed by atoms with Crippen molar-refractivity contribution in [2.24, 2.45) is 0 Å². The van der Waals surface area contributed by atoms with Crippen LogP contribution in [0.25, 0.3) is 21.3 Å². The van der Waals surface area contributed by atoms with Crippen LogP contribution >= 0.6 is 11.3 Å². The van der Waals surface area contributed by atoms with E-state index in [1.807, 2.05) is 36.1 Å². The number of fused-ring (bicyclic) bond motifs is 2. The summed E-state index contributed by atoms with van der Waals surface area (Å²) in [6.45, 7) is 0. The molecule has 0 bridgehead atoms. The van der Waals surface area contributed by atoms with Crippen molar-refractivity contribution in [3.8, 4) is 0 Å². The maximum absolute atomic E-state index is 4.36. The molecule has 0 saturated carbocycles. The Morgan fingerprint density at radius 3 is 3.05 bits per heavy atom. The Labute approximate surface area is 113 Å². The first kappa shape index (κ1) is 10.5. The van der Waals surface area contributed by atoms with E-state index < -0.39 is 0 Å².